The Morgan fingerprint density at radius 2 is 1.91 bits per heavy atom. The molecule has 2 fully saturated rings. The van der Waals surface area contributed by atoms with E-state index in [1.54, 1.807) is 6.92 Å². The Bertz CT molecular complexity index is 699. The van der Waals surface area contributed by atoms with E-state index in [0.29, 0.717) is 24.2 Å². The largest absolute Gasteiger partial charge is 0.416 e. The highest BCUT2D eigenvalue weighted by atomic mass is 32.2. The molecule has 1 heterocycles. The lowest BCUT2D eigenvalue weighted by Gasteiger charge is -2.35. The first-order valence-corrected chi connectivity index (χ1v) is 9.03. The zero-order chi connectivity index (χ0) is 16.8. The van der Waals surface area contributed by atoms with Crippen LogP contribution in [0, 0.1) is 6.92 Å². The van der Waals surface area contributed by atoms with Crippen molar-refractivity contribution in [3.05, 3.63) is 34.9 Å². The van der Waals surface area contributed by atoms with Gasteiger partial charge >= 0.3 is 6.18 Å². The molecule has 2 aliphatic rings. The van der Waals surface area contributed by atoms with E-state index in [0.717, 1.165) is 31.4 Å². The molecule has 0 amide bonds. The third kappa shape index (κ3) is 3.39. The average molecular weight is 348 g/mol. The lowest BCUT2D eigenvalue weighted by molar-refractivity contribution is -0.137. The fourth-order valence-corrected chi connectivity index (χ4v) is 4.82. The van der Waals surface area contributed by atoms with Crippen LogP contribution in [0.4, 0.5) is 13.2 Å². The van der Waals surface area contributed by atoms with Crippen molar-refractivity contribution in [3.63, 3.8) is 0 Å². The fourth-order valence-electron chi connectivity index (χ4n) is 2.92. The van der Waals surface area contributed by atoms with Gasteiger partial charge in [-0.05, 0) is 49.4 Å². The topological polar surface area (TPSA) is 40.6 Å². The van der Waals surface area contributed by atoms with Crippen LogP contribution in [0.3, 0.4) is 0 Å². The molecule has 1 aromatic carbocycles. The summed E-state index contributed by atoms with van der Waals surface area (Å²) in [6.45, 7) is 2.65. The van der Waals surface area contributed by atoms with Crippen molar-refractivity contribution in [3.8, 4) is 0 Å². The van der Waals surface area contributed by atoms with Gasteiger partial charge < -0.3 is 0 Å². The van der Waals surface area contributed by atoms with Gasteiger partial charge in [0, 0.05) is 25.7 Å². The molecule has 8 heteroatoms. The average Bonchev–Trinajstić information content (AvgIpc) is 3.26. The van der Waals surface area contributed by atoms with E-state index in [1.807, 2.05) is 0 Å². The predicted molar refractivity (Wildman–Crippen MR) is 79.9 cm³/mol. The summed E-state index contributed by atoms with van der Waals surface area (Å²) >= 11 is 0. The highest BCUT2D eigenvalue weighted by Crippen LogP contribution is 2.34. The number of nitrogens with zero attached hydrogens (tertiary/aromatic N) is 2. The molecule has 0 atom stereocenters. The second kappa shape index (κ2) is 5.75. The monoisotopic (exact) mass is 348 g/mol. The quantitative estimate of drug-likeness (QED) is 0.843. The lowest BCUT2D eigenvalue weighted by Crippen LogP contribution is -2.50. The Labute approximate surface area is 134 Å². The van der Waals surface area contributed by atoms with Crippen LogP contribution < -0.4 is 0 Å². The molecule has 4 nitrogen and oxygen atoms in total. The zero-order valence-electron chi connectivity index (χ0n) is 12.8. The molecule has 1 aromatic rings. The molecular weight excluding hydrogens is 329 g/mol. The van der Waals surface area contributed by atoms with Crippen LogP contribution in [-0.2, 0) is 22.9 Å². The molecule has 0 unspecified atom stereocenters. The van der Waals surface area contributed by atoms with Gasteiger partial charge in [0.05, 0.1) is 5.56 Å². The van der Waals surface area contributed by atoms with Crippen molar-refractivity contribution in [2.75, 3.05) is 13.1 Å². The van der Waals surface area contributed by atoms with E-state index >= 15 is 0 Å². The van der Waals surface area contributed by atoms with Gasteiger partial charge in [0.25, 0.3) is 10.2 Å². The van der Waals surface area contributed by atoms with Crippen molar-refractivity contribution in [1.82, 2.24) is 8.61 Å². The SMILES string of the molecule is Cc1cc(C(F)(F)F)ccc1CN1CCCN(C2CC2)S1(=O)=O. The molecule has 0 radical (unpaired) electrons. The van der Waals surface area contributed by atoms with E-state index < -0.39 is 21.9 Å². The van der Waals surface area contributed by atoms with Crippen molar-refractivity contribution < 1.29 is 21.6 Å². The zero-order valence-corrected chi connectivity index (χ0v) is 13.6. The molecule has 128 valence electrons. The van der Waals surface area contributed by atoms with Crippen LogP contribution in [0.2, 0.25) is 0 Å². The summed E-state index contributed by atoms with van der Waals surface area (Å²) in [4.78, 5) is 0. The number of halogens is 3. The van der Waals surface area contributed by atoms with Gasteiger partial charge in [0.15, 0.2) is 0 Å². The number of rotatable bonds is 3. The number of aryl methyl sites for hydroxylation is 1. The molecule has 23 heavy (non-hydrogen) atoms. The Kier molecular flexibility index (Phi) is 4.18. The predicted octanol–water partition coefficient (Wildman–Crippen LogP) is 2.93. The third-order valence-corrected chi connectivity index (χ3v) is 6.42. The number of benzene rings is 1. The van der Waals surface area contributed by atoms with Crippen molar-refractivity contribution in [2.24, 2.45) is 0 Å². The maximum absolute atomic E-state index is 12.7. The standard InChI is InChI=1S/C15H19F3N2O2S/c1-11-9-13(15(16,17)18)4-3-12(11)10-19-7-2-8-20(14-5-6-14)23(19,21)22/h3-4,9,14H,2,5-8,10H2,1H3. The van der Waals surface area contributed by atoms with Crippen LogP contribution in [-0.4, -0.2) is 36.2 Å². The van der Waals surface area contributed by atoms with Crippen LogP contribution in [0.25, 0.3) is 0 Å². The van der Waals surface area contributed by atoms with Crippen LogP contribution >= 0.6 is 0 Å². The molecule has 1 aliphatic heterocycles. The Balaban J connectivity index is 1.81. The first-order valence-electron chi connectivity index (χ1n) is 7.63. The van der Waals surface area contributed by atoms with Crippen LogP contribution in [0.1, 0.15) is 36.0 Å². The van der Waals surface area contributed by atoms with E-state index in [9.17, 15) is 21.6 Å². The summed E-state index contributed by atoms with van der Waals surface area (Å²) in [5, 5.41) is 0. The highest BCUT2D eigenvalue weighted by Gasteiger charge is 2.42. The summed E-state index contributed by atoms with van der Waals surface area (Å²) in [6.07, 6.45) is -1.85. The Morgan fingerprint density at radius 3 is 2.48 bits per heavy atom. The van der Waals surface area contributed by atoms with Gasteiger partial charge in [-0.15, -0.1) is 0 Å². The number of hydrogen-bond acceptors (Lipinski definition) is 2. The van der Waals surface area contributed by atoms with E-state index in [1.165, 1.54) is 14.7 Å². The number of hydrogen-bond donors (Lipinski definition) is 0. The van der Waals surface area contributed by atoms with Gasteiger partial charge in [-0.25, -0.2) is 0 Å². The summed E-state index contributed by atoms with van der Waals surface area (Å²) < 4.78 is 66.3. The van der Waals surface area contributed by atoms with Crippen LogP contribution in [0.15, 0.2) is 18.2 Å². The minimum atomic E-state index is -4.39. The van der Waals surface area contributed by atoms with Crippen molar-refractivity contribution >= 4 is 10.2 Å². The fraction of sp³-hybridized carbons (Fsp3) is 0.600. The molecule has 3 rings (SSSR count). The normalized spacial score (nSPS) is 23.1. The summed E-state index contributed by atoms with van der Waals surface area (Å²) in [6, 6.07) is 3.57. The first kappa shape index (κ1) is 16.7. The molecule has 0 spiro atoms. The molecule has 0 N–H and O–H groups in total. The molecule has 1 saturated carbocycles. The van der Waals surface area contributed by atoms with Gasteiger partial charge in [-0.1, -0.05) is 6.07 Å². The molecule has 0 aromatic heterocycles. The Hall–Kier alpha value is -1.12. The number of alkyl halides is 3. The second-order valence-electron chi connectivity index (χ2n) is 6.18. The second-order valence-corrected chi connectivity index (χ2v) is 8.06. The minimum absolute atomic E-state index is 0.108. The summed E-state index contributed by atoms with van der Waals surface area (Å²) in [5.41, 5.74) is 0.359. The maximum atomic E-state index is 12.7. The van der Waals surface area contributed by atoms with Crippen molar-refractivity contribution in [2.45, 2.75) is 44.9 Å². The smallest absolute Gasteiger partial charge is 0.195 e. The van der Waals surface area contributed by atoms with Gasteiger partial charge in [-0.2, -0.15) is 30.2 Å². The van der Waals surface area contributed by atoms with Crippen LogP contribution in [0.5, 0.6) is 0 Å². The molecule has 1 saturated heterocycles. The Morgan fingerprint density at radius 1 is 1.22 bits per heavy atom. The summed E-state index contributed by atoms with van der Waals surface area (Å²) in [7, 11) is -3.51. The van der Waals surface area contributed by atoms with E-state index in [2.05, 4.69) is 0 Å². The lowest BCUT2D eigenvalue weighted by atomic mass is 10.0. The van der Waals surface area contributed by atoms with Gasteiger partial charge in [0.2, 0.25) is 0 Å². The molecule has 1 aliphatic carbocycles. The highest BCUT2D eigenvalue weighted by molar-refractivity contribution is 7.86. The van der Waals surface area contributed by atoms with Crippen molar-refractivity contribution in [1.29, 1.82) is 0 Å². The van der Waals surface area contributed by atoms with Gasteiger partial charge in [-0.3, -0.25) is 0 Å². The molecular formula is C15H19F3N2O2S. The van der Waals surface area contributed by atoms with E-state index in [-0.39, 0.29) is 12.6 Å². The first-order chi connectivity index (χ1) is 10.7. The maximum Gasteiger partial charge on any atom is 0.416 e. The van der Waals surface area contributed by atoms with E-state index in [4.69, 9.17) is 0 Å². The third-order valence-electron chi connectivity index (χ3n) is 4.38. The minimum Gasteiger partial charge on any atom is -0.195 e. The van der Waals surface area contributed by atoms with Gasteiger partial charge in [0.1, 0.15) is 0 Å². The summed E-state index contributed by atoms with van der Waals surface area (Å²) in [5.74, 6) is 0. The molecule has 0 bridgehead atoms.